The van der Waals surface area contributed by atoms with E-state index in [1.165, 1.54) is 6.08 Å². The molecule has 1 heterocycles. The van der Waals surface area contributed by atoms with E-state index in [0.717, 1.165) is 10.5 Å². The summed E-state index contributed by atoms with van der Waals surface area (Å²) in [7, 11) is 3.11. The molecule has 0 spiro atoms. The highest BCUT2D eigenvalue weighted by atomic mass is 16.5. The van der Waals surface area contributed by atoms with Gasteiger partial charge in [0.25, 0.3) is 17.7 Å². The molecule has 0 aliphatic carbocycles. The van der Waals surface area contributed by atoms with Crippen LogP contribution < -0.4 is 14.8 Å². The Morgan fingerprint density at radius 2 is 1.46 bits per heavy atom. The van der Waals surface area contributed by atoms with Gasteiger partial charge in [-0.05, 0) is 72.3 Å². The predicted octanol–water partition coefficient (Wildman–Crippen LogP) is 5.65. The van der Waals surface area contributed by atoms with Gasteiger partial charge >= 0.3 is 0 Å². The Kier molecular flexibility index (Phi) is 7.74. The summed E-state index contributed by atoms with van der Waals surface area (Å²) in [6.07, 6.45) is 3.12. The standard InChI is InChI=1S/C33H26N2O6/c1-40-25-17-13-22(30(19-25)41-2)14-18-29(36)21-11-15-24(16-12-21)34-31(37)26-8-4-3-7-23(26)20-35-32(38)27-9-5-6-10-28(27)33(35)39/h3-19H,20H2,1-2H3,(H,34,37)/b18-14+. The Morgan fingerprint density at radius 3 is 2.12 bits per heavy atom. The van der Waals surface area contributed by atoms with E-state index in [0.29, 0.717) is 45.0 Å². The van der Waals surface area contributed by atoms with Crippen LogP contribution in [0.5, 0.6) is 11.5 Å². The number of amides is 3. The Hall–Kier alpha value is -5.50. The fraction of sp³-hybridized carbons (Fsp3) is 0.0909. The van der Waals surface area contributed by atoms with Crippen LogP contribution in [0.2, 0.25) is 0 Å². The maximum absolute atomic E-state index is 13.2. The molecule has 0 saturated heterocycles. The molecule has 0 radical (unpaired) electrons. The molecule has 1 N–H and O–H groups in total. The van der Waals surface area contributed by atoms with Crippen molar-refractivity contribution in [1.82, 2.24) is 4.90 Å². The van der Waals surface area contributed by atoms with E-state index < -0.39 is 5.91 Å². The van der Waals surface area contributed by atoms with Crippen LogP contribution in [0.4, 0.5) is 5.69 Å². The van der Waals surface area contributed by atoms with Crippen molar-refractivity contribution >= 4 is 35.3 Å². The van der Waals surface area contributed by atoms with Gasteiger partial charge in [0, 0.05) is 28.4 Å². The molecule has 204 valence electrons. The number of imide groups is 1. The van der Waals surface area contributed by atoms with E-state index in [1.54, 1.807) is 111 Å². The lowest BCUT2D eigenvalue weighted by Gasteiger charge is -2.16. The second kappa shape index (κ2) is 11.7. The summed E-state index contributed by atoms with van der Waals surface area (Å²) >= 11 is 0. The minimum Gasteiger partial charge on any atom is -0.497 e. The van der Waals surface area contributed by atoms with Crippen molar-refractivity contribution in [2.45, 2.75) is 6.54 Å². The maximum atomic E-state index is 13.2. The van der Waals surface area contributed by atoms with Gasteiger partial charge in [0.1, 0.15) is 11.5 Å². The summed E-state index contributed by atoms with van der Waals surface area (Å²) in [5, 5.41) is 2.83. The van der Waals surface area contributed by atoms with Gasteiger partial charge in [-0.25, -0.2) is 0 Å². The number of anilines is 1. The number of nitrogens with one attached hydrogen (secondary N) is 1. The van der Waals surface area contributed by atoms with Crippen molar-refractivity contribution in [2.75, 3.05) is 19.5 Å². The minimum atomic E-state index is -0.400. The van der Waals surface area contributed by atoms with Gasteiger partial charge in [-0.1, -0.05) is 30.3 Å². The number of carbonyl (C=O) groups excluding carboxylic acids is 4. The van der Waals surface area contributed by atoms with Crippen molar-refractivity contribution in [3.05, 3.63) is 130 Å². The normalized spacial score (nSPS) is 12.4. The topological polar surface area (TPSA) is 102 Å². The van der Waals surface area contributed by atoms with Crippen LogP contribution in [0.15, 0.2) is 97.1 Å². The van der Waals surface area contributed by atoms with Crippen LogP contribution in [-0.2, 0) is 6.54 Å². The first kappa shape index (κ1) is 27.1. The van der Waals surface area contributed by atoms with Gasteiger partial charge < -0.3 is 14.8 Å². The summed E-state index contributed by atoms with van der Waals surface area (Å²) in [6.45, 7) is -0.0330. The average Bonchev–Trinajstić information content (AvgIpc) is 3.25. The lowest BCUT2D eigenvalue weighted by atomic mass is 10.1. The summed E-state index contributed by atoms with van der Waals surface area (Å²) in [6, 6.07) is 25.3. The number of allylic oxidation sites excluding steroid dienone is 1. The van der Waals surface area contributed by atoms with Crippen molar-refractivity contribution in [1.29, 1.82) is 0 Å². The SMILES string of the molecule is COc1ccc(/C=C/C(=O)c2ccc(NC(=O)c3ccccc3CN3C(=O)c4ccccc4C3=O)cc2)c(OC)c1. The Labute approximate surface area is 236 Å². The average molecular weight is 547 g/mol. The monoisotopic (exact) mass is 546 g/mol. The number of ketones is 1. The highest BCUT2D eigenvalue weighted by molar-refractivity contribution is 6.21. The molecule has 5 rings (SSSR count). The number of benzene rings is 4. The number of fused-ring (bicyclic) bond motifs is 1. The molecule has 0 unspecified atom stereocenters. The smallest absolute Gasteiger partial charge is 0.261 e. The van der Waals surface area contributed by atoms with Gasteiger partial charge in [0.05, 0.1) is 31.9 Å². The van der Waals surface area contributed by atoms with Gasteiger partial charge in [-0.15, -0.1) is 0 Å². The number of ether oxygens (including phenoxy) is 2. The fourth-order valence-electron chi connectivity index (χ4n) is 4.57. The number of rotatable bonds is 9. The number of nitrogens with zero attached hydrogens (tertiary/aromatic N) is 1. The number of carbonyl (C=O) groups is 4. The number of hydrogen-bond donors (Lipinski definition) is 1. The maximum Gasteiger partial charge on any atom is 0.261 e. The number of methoxy groups -OCH3 is 2. The Morgan fingerprint density at radius 1 is 0.805 bits per heavy atom. The second-order valence-corrected chi connectivity index (χ2v) is 9.24. The van der Waals surface area contributed by atoms with E-state index in [1.807, 2.05) is 0 Å². The zero-order valence-electron chi connectivity index (χ0n) is 22.4. The zero-order valence-corrected chi connectivity index (χ0v) is 22.4. The third kappa shape index (κ3) is 5.62. The van der Waals surface area contributed by atoms with E-state index in [4.69, 9.17) is 9.47 Å². The van der Waals surface area contributed by atoms with Crippen LogP contribution in [-0.4, -0.2) is 42.6 Å². The second-order valence-electron chi connectivity index (χ2n) is 9.24. The van der Waals surface area contributed by atoms with E-state index in [-0.39, 0.29) is 24.1 Å². The highest BCUT2D eigenvalue weighted by Gasteiger charge is 2.35. The lowest BCUT2D eigenvalue weighted by Crippen LogP contribution is -2.30. The first-order valence-electron chi connectivity index (χ1n) is 12.8. The number of hydrogen-bond acceptors (Lipinski definition) is 6. The zero-order chi connectivity index (χ0) is 28.9. The Balaban J connectivity index is 1.26. The third-order valence-electron chi connectivity index (χ3n) is 6.75. The lowest BCUT2D eigenvalue weighted by molar-refractivity contribution is 0.0640. The molecule has 0 saturated carbocycles. The highest BCUT2D eigenvalue weighted by Crippen LogP contribution is 2.27. The summed E-state index contributed by atoms with van der Waals surface area (Å²) in [5.41, 5.74) is 3.23. The van der Waals surface area contributed by atoms with Gasteiger partial charge in [-0.3, -0.25) is 24.1 Å². The van der Waals surface area contributed by atoms with Gasteiger partial charge in [0.2, 0.25) is 0 Å². The largest absolute Gasteiger partial charge is 0.497 e. The van der Waals surface area contributed by atoms with E-state index >= 15 is 0 Å². The van der Waals surface area contributed by atoms with Crippen LogP contribution in [0.25, 0.3) is 6.08 Å². The predicted molar refractivity (Wildman–Crippen MR) is 154 cm³/mol. The van der Waals surface area contributed by atoms with Crippen molar-refractivity contribution in [3.63, 3.8) is 0 Å². The molecule has 4 aromatic rings. The van der Waals surface area contributed by atoms with Crippen molar-refractivity contribution < 1.29 is 28.7 Å². The molecule has 8 heteroatoms. The Bertz CT molecular complexity index is 1660. The molecule has 1 aliphatic heterocycles. The molecule has 0 fully saturated rings. The first-order valence-corrected chi connectivity index (χ1v) is 12.8. The molecule has 8 nitrogen and oxygen atoms in total. The van der Waals surface area contributed by atoms with Crippen LogP contribution in [0.1, 0.15) is 52.6 Å². The molecule has 0 atom stereocenters. The molecule has 1 aliphatic rings. The first-order chi connectivity index (χ1) is 19.9. The quantitative estimate of drug-likeness (QED) is 0.165. The van der Waals surface area contributed by atoms with Crippen molar-refractivity contribution in [3.8, 4) is 11.5 Å². The minimum absolute atomic E-state index is 0.0330. The van der Waals surface area contributed by atoms with Gasteiger partial charge in [-0.2, -0.15) is 0 Å². The molecular weight excluding hydrogens is 520 g/mol. The molecule has 3 amide bonds. The van der Waals surface area contributed by atoms with Crippen LogP contribution >= 0.6 is 0 Å². The fourth-order valence-corrected chi connectivity index (χ4v) is 4.57. The summed E-state index contributed by atoms with van der Waals surface area (Å²) < 4.78 is 10.6. The van der Waals surface area contributed by atoms with Gasteiger partial charge in [0.15, 0.2) is 5.78 Å². The summed E-state index contributed by atoms with van der Waals surface area (Å²) in [5.74, 6) is -0.167. The van der Waals surface area contributed by atoms with Crippen LogP contribution in [0, 0.1) is 0 Å². The van der Waals surface area contributed by atoms with Crippen molar-refractivity contribution in [2.24, 2.45) is 0 Å². The molecule has 0 aromatic heterocycles. The molecular formula is C33H26N2O6. The van der Waals surface area contributed by atoms with Crippen LogP contribution in [0.3, 0.4) is 0 Å². The molecule has 4 aromatic carbocycles. The summed E-state index contributed by atoms with van der Waals surface area (Å²) in [4.78, 5) is 52.7. The third-order valence-corrected chi connectivity index (χ3v) is 6.75. The molecule has 41 heavy (non-hydrogen) atoms. The van der Waals surface area contributed by atoms with E-state index in [2.05, 4.69) is 5.32 Å². The molecule has 0 bridgehead atoms. The van der Waals surface area contributed by atoms with E-state index in [9.17, 15) is 19.2 Å².